The number of hydrogen-bond acceptors (Lipinski definition) is 3. The minimum absolute atomic E-state index is 0.00745. The molecular weight excluding hydrogens is 202 g/mol. The van der Waals surface area contributed by atoms with Gasteiger partial charge in [0, 0.05) is 6.54 Å². The molecular formula is C9H15NO3S. The van der Waals surface area contributed by atoms with E-state index < -0.39 is 5.97 Å². The summed E-state index contributed by atoms with van der Waals surface area (Å²) in [5.74, 6) is 0.110. The highest BCUT2D eigenvalue weighted by Crippen LogP contribution is 2.37. The zero-order valence-electron chi connectivity index (χ0n) is 8.21. The van der Waals surface area contributed by atoms with Crippen molar-refractivity contribution < 1.29 is 14.7 Å². The summed E-state index contributed by atoms with van der Waals surface area (Å²) in [6.45, 7) is 2.14. The number of carbonyl (C=O) groups excluding carboxylic acids is 1. The van der Waals surface area contributed by atoms with Crippen LogP contribution in [0, 0.1) is 0 Å². The normalized spacial score (nSPS) is 26.1. The third-order valence-electron chi connectivity index (χ3n) is 2.32. The number of carbonyl (C=O) groups is 2. The molecule has 1 heterocycles. The molecule has 0 aliphatic carbocycles. The lowest BCUT2D eigenvalue weighted by atomic mass is 10.1. The molecule has 4 nitrogen and oxygen atoms in total. The maximum Gasteiger partial charge on any atom is 0.305 e. The second kappa shape index (κ2) is 4.68. The van der Waals surface area contributed by atoms with Crippen LogP contribution in [0.4, 0.5) is 0 Å². The van der Waals surface area contributed by atoms with Gasteiger partial charge in [-0.25, -0.2) is 0 Å². The molecule has 1 rings (SSSR count). The van der Waals surface area contributed by atoms with E-state index in [-0.39, 0.29) is 23.6 Å². The first-order chi connectivity index (χ1) is 6.54. The number of thioether (sulfide) groups is 1. The van der Waals surface area contributed by atoms with Crippen molar-refractivity contribution in [2.24, 2.45) is 0 Å². The minimum Gasteiger partial charge on any atom is -0.481 e. The topological polar surface area (TPSA) is 66.4 Å². The SMILES string of the molecule is CC1(C(=O)NCCC(=O)O)CCCS1. The zero-order valence-corrected chi connectivity index (χ0v) is 9.02. The minimum atomic E-state index is -0.880. The maximum absolute atomic E-state index is 11.6. The molecule has 1 amide bonds. The van der Waals surface area contributed by atoms with Crippen LogP contribution in [0.25, 0.3) is 0 Å². The van der Waals surface area contributed by atoms with Crippen LogP contribution < -0.4 is 5.32 Å². The van der Waals surface area contributed by atoms with Crippen LogP contribution in [0.2, 0.25) is 0 Å². The van der Waals surface area contributed by atoms with Crippen LogP contribution in [-0.2, 0) is 9.59 Å². The van der Waals surface area contributed by atoms with Gasteiger partial charge in [-0.3, -0.25) is 9.59 Å². The summed E-state index contributed by atoms with van der Waals surface area (Å²) in [4.78, 5) is 21.8. The molecule has 5 heteroatoms. The molecule has 0 aromatic carbocycles. The van der Waals surface area contributed by atoms with Gasteiger partial charge >= 0.3 is 5.97 Å². The highest BCUT2D eigenvalue weighted by molar-refractivity contribution is 8.01. The predicted octanol–water partition coefficient (Wildman–Crippen LogP) is 0.863. The molecule has 1 saturated heterocycles. The molecule has 1 aliphatic rings. The average Bonchev–Trinajstić information content (AvgIpc) is 2.52. The van der Waals surface area contributed by atoms with Gasteiger partial charge < -0.3 is 10.4 Å². The fraction of sp³-hybridized carbons (Fsp3) is 0.778. The van der Waals surface area contributed by atoms with E-state index in [2.05, 4.69) is 5.32 Å². The Morgan fingerprint density at radius 3 is 2.79 bits per heavy atom. The van der Waals surface area contributed by atoms with Crippen molar-refractivity contribution in [2.75, 3.05) is 12.3 Å². The van der Waals surface area contributed by atoms with Gasteiger partial charge in [0.1, 0.15) is 0 Å². The van der Waals surface area contributed by atoms with Crippen molar-refractivity contribution >= 4 is 23.6 Å². The molecule has 0 spiro atoms. The van der Waals surface area contributed by atoms with E-state index in [0.29, 0.717) is 0 Å². The Kier molecular flexibility index (Phi) is 3.80. The summed E-state index contributed by atoms with van der Waals surface area (Å²) < 4.78 is -0.335. The van der Waals surface area contributed by atoms with Gasteiger partial charge in [0.25, 0.3) is 0 Å². The zero-order chi connectivity index (χ0) is 10.6. The monoisotopic (exact) mass is 217 g/mol. The lowest BCUT2D eigenvalue weighted by Gasteiger charge is -2.20. The van der Waals surface area contributed by atoms with E-state index in [1.807, 2.05) is 6.92 Å². The molecule has 1 atom stereocenters. The van der Waals surface area contributed by atoms with E-state index in [1.165, 1.54) is 0 Å². The van der Waals surface area contributed by atoms with Crippen LogP contribution in [0.15, 0.2) is 0 Å². The number of carboxylic acid groups (broad SMARTS) is 1. The molecule has 0 radical (unpaired) electrons. The van der Waals surface area contributed by atoms with Gasteiger partial charge in [-0.05, 0) is 25.5 Å². The van der Waals surface area contributed by atoms with E-state index >= 15 is 0 Å². The smallest absolute Gasteiger partial charge is 0.305 e. The Labute approximate surface area is 87.4 Å². The summed E-state index contributed by atoms with van der Waals surface area (Å²) in [5.41, 5.74) is 0. The summed E-state index contributed by atoms with van der Waals surface area (Å²) in [6.07, 6.45) is 1.94. The van der Waals surface area contributed by atoms with Gasteiger partial charge in [0.2, 0.25) is 5.91 Å². The van der Waals surface area contributed by atoms with Gasteiger partial charge in [0.05, 0.1) is 11.2 Å². The van der Waals surface area contributed by atoms with Crippen LogP contribution in [-0.4, -0.2) is 34.0 Å². The van der Waals surface area contributed by atoms with Gasteiger partial charge in [-0.1, -0.05) is 0 Å². The lowest BCUT2D eigenvalue weighted by molar-refractivity contribution is -0.137. The molecule has 14 heavy (non-hydrogen) atoms. The van der Waals surface area contributed by atoms with Crippen molar-refractivity contribution in [3.63, 3.8) is 0 Å². The Hall–Kier alpha value is -0.710. The highest BCUT2D eigenvalue weighted by atomic mass is 32.2. The average molecular weight is 217 g/mol. The van der Waals surface area contributed by atoms with E-state index in [9.17, 15) is 9.59 Å². The third-order valence-corrected chi connectivity index (χ3v) is 3.84. The maximum atomic E-state index is 11.6. The molecule has 1 unspecified atom stereocenters. The molecule has 0 aromatic heterocycles. The fourth-order valence-electron chi connectivity index (χ4n) is 1.43. The number of aliphatic carboxylic acids is 1. The van der Waals surface area contributed by atoms with E-state index in [0.717, 1.165) is 18.6 Å². The molecule has 2 N–H and O–H groups in total. The number of amides is 1. The molecule has 0 aromatic rings. The molecule has 1 aliphatic heterocycles. The molecule has 80 valence electrons. The lowest BCUT2D eigenvalue weighted by Crippen LogP contribution is -2.41. The van der Waals surface area contributed by atoms with E-state index in [4.69, 9.17) is 5.11 Å². The molecule has 0 saturated carbocycles. The predicted molar refractivity (Wildman–Crippen MR) is 55.4 cm³/mol. The first-order valence-corrected chi connectivity index (χ1v) is 5.67. The van der Waals surface area contributed by atoms with Crippen molar-refractivity contribution in [2.45, 2.75) is 30.9 Å². The second-order valence-electron chi connectivity index (χ2n) is 3.58. The van der Waals surface area contributed by atoms with Crippen LogP contribution in [0.5, 0.6) is 0 Å². The van der Waals surface area contributed by atoms with E-state index in [1.54, 1.807) is 11.8 Å². The summed E-state index contributed by atoms with van der Waals surface area (Å²) in [5, 5.41) is 11.1. The standard InChI is InChI=1S/C9H15NO3S/c1-9(4-2-6-14-9)8(13)10-5-3-7(11)12/h2-6H2,1H3,(H,10,13)(H,11,12). The first kappa shape index (κ1) is 11.4. The summed E-state index contributed by atoms with van der Waals surface area (Å²) in [7, 11) is 0. The summed E-state index contributed by atoms with van der Waals surface area (Å²) >= 11 is 1.65. The fourth-order valence-corrected chi connectivity index (χ4v) is 2.66. The van der Waals surface area contributed by atoms with Crippen LogP contribution >= 0.6 is 11.8 Å². The molecule has 1 fully saturated rings. The van der Waals surface area contributed by atoms with Crippen molar-refractivity contribution in [1.82, 2.24) is 5.32 Å². The van der Waals surface area contributed by atoms with Crippen LogP contribution in [0.1, 0.15) is 26.2 Å². The van der Waals surface area contributed by atoms with Crippen molar-refractivity contribution in [3.8, 4) is 0 Å². The highest BCUT2D eigenvalue weighted by Gasteiger charge is 2.36. The summed E-state index contributed by atoms with van der Waals surface area (Å²) in [6, 6.07) is 0. The number of carboxylic acids is 1. The Bertz CT molecular complexity index is 236. The quantitative estimate of drug-likeness (QED) is 0.733. The number of hydrogen-bond donors (Lipinski definition) is 2. The Morgan fingerprint density at radius 1 is 1.57 bits per heavy atom. The van der Waals surface area contributed by atoms with Crippen LogP contribution in [0.3, 0.4) is 0 Å². The second-order valence-corrected chi connectivity index (χ2v) is 5.18. The Balaban J connectivity index is 2.30. The van der Waals surface area contributed by atoms with Gasteiger partial charge in [-0.2, -0.15) is 0 Å². The van der Waals surface area contributed by atoms with Gasteiger partial charge in [0.15, 0.2) is 0 Å². The number of nitrogens with one attached hydrogen (secondary N) is 1. The van der Waals surface area contributed by atoms with Crippen molar-refractivity contribution in [1.29, 1.82) is 0 Å². The number of rotatable bonds is 4. The van der Waals surface area contributed by atoms with Gasteiger partial charge in [-0.15, -0.1) is 11.8 Å². The van der Waals surface area contributed by atoms with Crippen molar-refractivity contribution in [3.05, 3.63) is 0 Å². The largest absolute Gasteiger partial charge is 0.481 e. The molecule has 0 bridgehead atoms. The Morgan fingerprint density at radius 2 is 2.29 bits per heavy atom. The third kappa shape index (κ3) is 2.90. The first-order valence-electron chi connectivity index (χ1n) is 4.69.